The van der Waals surface area contributed by atoms with E-state index < -0.39 is 0 Å². The molecule has 2 aromatic carbocycles. The predicted octanol–water partition coefficient (Wildman–Crippen LogP) is 4.42. The molecule has 1 aliphatic carbocycles. The van der Waals surface area contributed by atoms with Gasteiger partial charge in [-0.05, 0) is 42.2 Å². The molecule has 1 saturated carbocycles. The molecule has 0 aromatic heterocycles. The topological polar surface area (TPSA) is 0 Å². The highest BCUT2D eigenvalue weighted by Gasteiger charge is 2.37. The second kappa shape index (κ2) is 4.75. The van der Waals surface area contributed by atoms with E-state index >= 15 is 0 Å². The van der Waals surface area contributed by atoms with Crippen LogP contribution < -0.4 is 0 Å². The van der Waals surface area contributed by atoms with Crippen molar-refractivity contribution < 1.29 is 0 Å². The van der Waals surface area contributed by atoms with Crippen LogP contribution in [-0.4, -0.2) is 0 Å². The lowest BCUT2D eigenvalue weighted by Gasteiger charge is -2.01. The first kappa shape index (κ1) is 10.6. The minimum Gasteiger partial charge on any atom is -0.0622 e. The van der Waals surface area contributed by atoms with E-state index in [-0.39, 0.29) is 0 Å². The van der Waals surface area contributed by atoms with Gasteiger partial charge in [0, 0.05) is 0 Å². The van der Waals surface area contributed by atoms with Crippen molar-refractivity contribution in [3.8, 4) is 0 Å². The number of aryl methyl sites for hydroxylation is 1. The smallest absolute Gasteiger partial charge is 0.0130 e. The molecule has 0 heteroatoms. The Bertz CT molecular complexity index is 458. The molecular formula is C17H18. The highest BCUT2D eigenvalue weighted by Crippen LogP contribution is 2.49. The molecule has 1 fully saturated rings. The number of rotatable bonds is 4. The molecule has 2 unspecified atom stereocenters. The van der Waals surface area contributed by atoms with Crippen LogP contribution in [0.25, 0.3) is 0 Å². The van der Waals surface area contributed by atoms with Crippen LogP contribution in [0.2, 0.25) is 0 Å². The lowest BCUT2D eigenvalue weighted by Crippen LogP contribution is -1.88. The van der Waals surface area contributed by atoms with Crippen molar-refractivity contribution in [1.82, 2.24) is 0 Å². The van der Waals surface area contributed by atoms with Gasteiger partial charge in [0.1, 0.15) is 0 Å². The van der Waals surface area contributed by atoms with E-state index in [1.165, 1.54) is 30.4 Å². The summed E-state index contributed by atoms with van der Waals surface area (Å²) in [4.78, 5) is 0. The van der Waals surface area contributed by atoms with Crippen molar-refractivity contribution in [2.45, 2.75) is 25.2 Å². The Balaban J connectivity index is 1.53. The third-order valence-electron chi connectivity index (χ3n) is 3.80. The standard InChI is InChI=1S/C17H18/c1-3-7-14(8-4-1)11-12-16-13-17(16)15-9-5-2-6-10-15/h1-10,16-17H,11-13H2. The molecule has 0 aliphatic heterocycles. The third-order valence-corrected chi connectivity index (χ3v) is 3.80. The Kier molecular flexibility index (Phi) is 2.96. The van der Waals surface area contributed by atoms with E-state index in [1.54, 1.807) is 0 Å². The minimum atomic E-state index is 0.833. The molecule has 0 heterocycles. The van der Waals surface area contributed by atoms with Gasteiger partial charge in [-0.15, -0.1) is 0 Å². The Morgan fingerprint density at radius 2 is 1.47 bits per heavy atom. The molecule has 17 heavy (non-hydrogen) atoms. The molecule has 86 valence electrons. The van der Waals surface area contributed by atoms with Crippen LogP contribution in [-0.2, 0) is 6.42 Å². The lowest BCUT2D eigenvalue weighted by molar-refractivity contribution is 0.703. The van der Waals surface area contributed by atoms with Gasteiger partial charge in [-0.25, -0.2) is 0 Å². The first-order valence-electron chi connectivity index (χ1n) is 6.52. The second-order valence-electron chi connectivity index (χ2n) is 5.04. The summed E-state index contributed by atoms with van der Waals surface area (Å²) < 4.78 is 0. The molecule has 3 rings (SSSR count). The Morgan fingerprint density at radius 1 is 0.824 bits per heavy atom. The fraction of sp³-hybridized carbons (Fsp3) is 0.294. The molecule has 1 aliphatic rings. The average molecular weight is 222 g/mol. The molecule has 0 saturated heterocycles. The van der Waals surface area contributed by atoms with Crippen LogP contribution in [0.5, 0.6) is 0 Å². The van der Waals surface area contributed by atoms with Gasteiger partial charge in [-0.1, -0.05) is 60.7 Å². The number of benzene rings is 2. The summed E-state index contributed by atoms with van der Waals surface area (Å²) >= 11 is 0. The van der Waals surface area contributed by atoms with Crippen LogP contribution in [0, 0.1) is 5.92 Å². The van der Waals surface area contributed by atoms with E-state index in [1.807, 2.05) is 0 Å². The van der Waals surface area contributed by atoms with Crippen molar-refractivity contribution in [1.29, 1.82) is 0 Å². The van der Waals surface area contributed by atoms with Crippen LogP contribution in [0.3, 0.4) is 0 Å². The summed E-state index contributed by atoms with van der Waals surface area (Å²) in [5.41, 5.74) is 3.01. The normalized spacial score (nSPS) is 22.4. The molecular weight excluding hydrogens is 204 g/mol. The molecule has 0 N–H and O–H groups in total. The van der Waals surface area contributed by atoms with Crippen LogP contribution in [0.15, 0.2) is 60.7 Å². The van der Waals surface area contributed by atoms with E-state index in [0.29, 0.717) is 0 Å². The average Bonchev–Trinajstić information content (AvgIpc) is 3.18. The fourth-order valence-electron chi connectivity index (χ4n) is 2.67. The van der Waals surface area contributed by atoms with E-state index in [2.05, 4.69) is 60.7 Å². The summed E-state index contributed by atoms with van der Waals surface area (Å²) in [6, 6.07) is 21.8. The van der Waals surface area contributed by atoms with E-state index in [9.17, 15) is 0 Å². The zero-order chi connectivity index (χ0) is 11.5. The maximum absolute atomic E-state index is 2.27. The molecule has 2 aromatic rings. The Morgan fingerprint density at radius 3 is 2.18 bits per heavy atom. The number of hydrogen-bond acceptors (Lipinski definition) is 0. The van der Waals surface area contributed by atoms with Crippen molar-refractivity contribution >= 4 is 0 Å². The summed E-state index contributed by atoms with van der Waals surface area (Å²) in [6.45, 7) is 0. The fourth-order valence-corrected chi connectivity index (χ4v) is 2.67. The van der Waals surface area contributed by atoms with Crippen LogP contribution >= 0.6 is 0 Å². The maximum atomic E-state index is 2.27. The quantitative estimate of drug-likeness (QED) is 0.718. The van der Waals surface area contributed by atoms with Gasteiger partial charge in [0.05, 0.1) is 0 Å². The highest BCUT2D eigenvalue weighted by molar-refractivity contribution is 5.26. The zero-order valence-corrected chi connectivity index (χ0v) is 10.0. The summed E-state index contributed by atoms with van der Waals surface area (Å²) in [7, 11) is 0. The van der Waals surface area contributed by atoms with Gasteiger partial charge < -0.3 is 0 Å². The lowest BCUT2D eigenvalue weighted by atomic mass is 10.0. The van der Waals surface area contributed by atoms with Gasteiger partial charge in [0.15, 0.2) is 0 Å². The molecule has 0 bridgehead atoms. The van der Waals surface area contributed by atoms with Crippen LogP contribution in [0.4, 0.5) is 0 Å². The van der Waals surface area contributed by atoms with Crippen molar-refractivity contribution in [3.63, 3.8) is 0 Å². The summed E-state index contributed by atoms with van der Waals surface area (Å²) in [5.74, 6) is 1.75. The Hall–Kier alpha value is -1.56. The van der Waals surface area contributed by atoms with E-state index in [4.69, 9.17) is 0 Å². The molecule has 2 atom stereocenters. The van der Waals surface area contributed by atoms with Gasteiger partial charge in [0.25, 0.3) is 0 Å². The van der Waals surface area contributed by atoms with Gasteiger partial charge in [0.2, 0.25) is 0 Å². The molecule has 0 nitrogen and oxygen atoms in total. The summed E-state index contributed by atoms with van der Waals surface area (Å²) in [6.07, 6.45) is 3.95. The number of hydrogen-bond donors (Lipinski definition) is 0. The third kappa shape index (κ3) is 2.58. The zero-order valence-electron chi connectivity index (χ0n) is 10.0. The largest absolute Gasteiger partial charge is 0.0622 e. The van der Waals surface area contributed by atoms with Gasteiger partial charge in [-0.2, -0.15) is 0 Å². The van der Waals surface area contributed by atoms with Gasteiger partial charge >= 0.3 is 0 Å². The second-order valence-corrected chi connectivity index (χ2v) is 5.04. The highest BCUT2D eigenvalue weighted by atomic mass is 14.4. The molecule has 0 radical (unpaired) electrons. The SMILES string of the molecule is c1ccc(CCC2CC2c2ccccc2)cc1. The van der Waals surface area contributed by atoms with Gasteiger partial charge in [-0.3, -0.25) is 0 Å². The maximum Gasteiger partial charge on any atom is -0.0130 e. The molecule has 0 amide bonds. The monoisotopic (exact) mass is 222 g/mol. The summed E-state index contributed by atoms with van der Waals surface area (Å²) in [5, 5.41) is 0. The van der Waals surface area contributed by atoms with Crippen LogP contribution in [0.1, 0.15) is 29.9 Å². The van der Waals surface area contributed by atoms with Crippen molar-refractivity contribution in [2.24, 2.45) is 5.92 Å². The Labute approximate surface area is 103 Å². The first-order chi connectivity index (χ1) is 8.43. The predicted molar refractivity (Wildman–Crippen MR) is 72.1 cm³/mol. The van der Waals surface area contributed by atoms with E-state index in [0.717, 1.165) is 11.8 Å². The van der Waals surface area contributed by atoms with Crippen molar-refractivity contribution in [3.05, 3.63) is 71.8 Å². The van der Waals surface area contributed by atoms with Crippen molar-refractivity contribution in [2.75, 3.05) is 0 Å². The first-order valence-corrected chi connectivity index (χ1v) is 6.52. The molecule has 0 spiro atoms. The minimum absolute atomic E-state index is 0.833.